The zero-order valence-electron chi connectivity index (χ0n) is 12.8. The molecule has 1 heterocycles. The Hall–Kier alpha value is -2.34. The summed E-state index contributed by atoms with van der Waals surface area (Å²) in [4.78, 5) is 26.6. The molecule has 0 aliphatic heterocycles. The highest BCUT2D eigenvalue weighted by Gasteiger charge is 2.23. The Morgan fingerprint density at radius 1 is 1.23 bits per heavy atom. The number of aliphatic hydroxyl groups excluding tert-OH is 1. The summed E-state index contributed by atoms with van der Waals surface area (Å²) in [7, 11) is 0. The Balaban J connectivity index is 1.86. The Morgan fingerprint density at radius 2 is 1.95 bits per heavy atom. The number of fused-ring (bicyclic) bond motifs is 1. The van der Waals surface area contributed by atoms with Gasteiger partial charge in [-0.25, -0.2) is 0 Å². The molecule has 2 aromatic rings. The van der Waals surface area contributed by atoms with Gasteiger partial charge in [-0.1, -0.05) is 18.2 Å². The van der Waals surface area contributed by atoms with Gasteiger partial charge in [-0.05, 0) is 31.9 Å². The van der Waals surface area contributed by atoms with E-state index in [1.54, 1.807) is 13.8 Å². The number of amides is 2. The third-order valence-electron chi connectivity index (χ3n) is 3.41. The van der Waals surface area contributed by atoms with Gasteiger partial charge in [-0.15, -0.1) is 0 Å². The first-order valence-corrected chi connectivity index (χ1v) is 7.19. The fraction of sp³-hybridized carbons (Fsp3) is 0.375. The number of aromatic nitrogens is 1. The predicted molar refractivity (Wildman–Crippen MR) is 84.3 cm³/mol. The van der Waals surface area contributed by atoms with Crippen molar-refractivity contribution >= 4 is 22.7 Å². The van der Waals surface area contributed by atoms with Crippen LogP contribution in [0.2, 0.25) is 0 Å². The van der Waals surface area contributed by atoms with E-state index in [9.17, 15) is 9.59 Å². The second-order valence-electron chi connectivity index (χ2n) is 5.86. The summed E-state index contributed by atoms with van der Waals surface area (Å²) < 4.78 is 0. The second-order valence-corrected chi connectivity index (χ2v) is 5.86. The van der Waals surface area contributed by atoms with Crippen LogP contribution in [0.25, 0.3) is 10.9 Å². The molecule has 6 heteroatoms. The maximum absolute atomic E-state index is 11.7. The largest absolute Gasteiger partial charge is 0.394 e. The number of para-hydroxylation sites is 1. The van der Waals surface area contributed by atoms with Crippen LogP contribution in [-0.4, -0.2) is 40.6 Å². The zero-order chi connectivity index (χ0) is 16.2. The van der Waals surface area contributed by atoms with E-state index in [0.29, 0.717) is 13.0 Å². The number of hydrogen-bond acceptors (Lipinski definition) is 3. The van der Waals surface area contributed by atoms with Crippen molar-refractivity contribution in [2.24, 2.45) is 0 Å². The number of rotatable bonds is 5. The van der Waals surface area contributed by atoms with Crippen molar-refractivity contribution in [3.63, 3.8) is 0 Å². The van der Waals surface area contributed by atoms with Crippen LogP contribution in [-0.2, 0) is 16.0 Å². The molecule has 0 aliphatic carbocycles. The van der Waals surface area contributed by atoms with Crippen molar-refractivity contribution in [2.75, 3.05) is 13.2 Å². The molecule has 2 rings (SSSR count). The molecule has 22 heavy (non-hydrogen) atoms. The lowest BCUT2D eigenvalue weighted by Crippen LogP contribution is -2.51. The fourth-order valence-corrected chi connectivity index (χ4v) is 2.13. The lowest BCUT2D eigenvalue weighted by atomic mass is 10.1. The number of H-pyrrole nitrogens is 1. The van der Waals surface area contributed by atoms with Crippen LogP contribution in [0.3, 0.4) is 0 Å². The lowest BCUT2D eigenvalue weighted by Gasteiger charge is -2.22. The topological polar surface area (TPSA) is 94.2 Å². The van der Waals surface area contributed by atoms with Crippen molar-refractivity contribution in [2.45, 2.75) is 25.8 Å². The molecule has 2 amide bonds. The van der Waals surface area contributed by atoms with E-state index in [2.05, 4.69) is 15.6 Å². The highest BCUT2D eigenvalue weighted by molar-refractivity contribution is 6.35. The van der Waals surface area contributed by atoms with Crippen LogP contribution in [0.15, 0.2) is 30.5 Å². The van der Waals surface area contributed by atoms with Crippen LogP contribution < -0.4 is 10.6 Å². The van der Waals surface area contributed by atoms with Crippen molar-refractivity contribution < 1.29 is 14.7 Å². The first-order valence-electron chi connectivity index (χ1n) is 7.19. The molecule has 0 unspecified atom stereocenters. The molecule has 0 radical (unpaired) electrons. The molecule has 0 fully saturated rings. The van der Waals surface area contributed by atoms with Crippen LogP contribution in [0.1, 0.15) is 19.4 Å². The molecule has 0 spiro atoms. The van der Waals surface area contributed by atoms with Crippen molar-refractivity contribution in [1.29, 1.82) is 0 Å². The number of carbonyl (C=O) groups is 2. The van der Waals surface area contributed by atoms with Crippen LogP contribution in [0, 0.1) is 0 Å². The highest BCUT2D eigenvalue weighted by Crippen LogP contribution is 2.17. The minimum absolute atomic E-state index is 0.235. The van der Waals surface area contributed by atoms with Crippen molar-refractivity contribution in [3.8, 4) is 0 Å². The van der Waals surface area contributed by atoms with Crippen LogP contribution in [0.5, 0.6) is 0 Å². The molecule has 118 valence electrons. The average molecular weight is 303 g/mol. The number of nitrogens with one attached hydrogen (secondary N) is 3. The van der Waals surface area contributed by atoms with E-state index in [1.165, 1.54) is 0 Å². The third kappa shape index (κ3) is 3.85. The first-order chi connectivity index (χ1) is 10.4. The number of carbonyl (C=O) groups excluding carboxylic acids is 2. The summed E-state index contributed by atoms with van der Waals surface area (Å²) in [5, 5.41) is 15.2. The van der Waals surface area contributed by atoms with Crippen molar-refractivity contribution in [3.05, 3.63) is 36.0 Å². The van der Waals surface area contributed by atoms with E-state index < -0.39 is 17.4 Å². The summed E-state index contributed by atoms with van der Waals surface area (Å²) >= 11 is 0. The number of aromatic amines is 1. The lowest BCUT2D eigenvalue weighted by molar-refractivity contribution is -0.140. The Kier molecular flexibility index (Phi) is 4.82. The fourth-order valence-electron chi connectivity index (χ4n) is 2.13. The molecule has 0 saturated carbocycles. The summed E-state index contributed by atoms with van der Waals surface area (Å²) in [5.41, 5.74) is 1.32. The molecule has 0 bridgehead atoms. The van der Waals surface area contributed by atoms with Crippen LogP contribution in [0.4, 0.5) is 0 Å². The second kappa shape index (κ2) is 6.62. The van der Waals surface area contributed by atoms with Gasteiger partial charge in [-0.3, -0.25) is 9.59 Å². The Bertz CT molecular complexity index is 676. The summed E-state index contributed by atoms with van der Waals surface area (Å²) in [5.74, 6) is -1.43. The smallest absolute Gasteiger partial charge is 0.309 e. The van der Waals surface area contributed by atoms with Gasteiger partial charge >= 0.3 is 11.8 Å². The molecule has 0 aliphatic rings. The normalized spacial score (nSPS) is 11.4. The monoisotopic (exact) mass is 303 g/mol. The van der Waals surface area contributed by atoms with Crippen LogP contribution >= 0.6 is 0 Å². The summed E-state index contributed by atoms with van der Waals surface area (Å²) in [6.45, 7) is 3.42. The minimum Gasteiger partial charge on any atom is -0.394 e. The summed E-state index contributed by atoms with van der Waals surface area (Å²) in [6, 6.07) is 7.92. The van der Waals surface area contributed by atoms with Gasteiger partial charge in [0.25, 0.3) is 0 Å². The van der Waals surface area contributed by atoms with E-state index in [-0.39, 0.29) is 6.61 Å². The molecule has 4 N–H and O–H groups in total. The van der Waals surface area contributed by atoms with E-state index in [4.69, 9.17) is 5.11 Å². The van der Waals surface area contributed by atoms with Gasteiger partial charge in [0, 0.05) is 23.6 Å². The number of hydrogen-bond donors (Lipinski definition) is 4. The predicted octanol–water partition coefficient (Wildman–Crippen LogP) is 0.714. The van der Waals surface area contributed by atoms with Gasteiger partial charge in [0.1, 0.15) is 0 Å². The first kappa shape index (κ1) is 16.0. The SMILES string of the molecule is CC(C)(CO)NC(=O)C(=O)NCCc1c[nH]c2ccccc12. The number of benzene rings is 1. The minimum atomic E-state index is -0.814. The highest BCUT2D eigenvalue weighted by atomic mass is 16.3. The zero-order valence-corrected chi connectivity index (χ0v) is 12.8. The Morgan fingerprint density at radius 3 is 2.68 bits per heavy atom. The molecule has 6 nitrogen and oxygen atoms in total. The van der Waals surface area contributed by atoms with Gasteiger partial charge < -0.3 is 20.7 Å². The van der Waals surface area contributed by atoms with Gasteiger partial charge in [-0.2, -0.15) is 0 Å². The molecular weight excluding hydrogens is 282 g/mol. The molecule has 0 atom stereocenters. The third-order valence-corrected chi connectivity index (χ3v) is 3.41. The van der Waals surface area contributed by atoms with E-state index in [1.807, 2.05) is 30.5 Å². The average Bonchev–Trinajstić information content (AvgIpc) is 2.90. The maximum atomic E-state index is 11.7. The van der Waals surface area contributed by atoms with Gasteiger partial charge in [0.05, 0.1) is 12.1 Å². The molecular formula is C16H21N3O3. The van der Waals surface area contributed by atoms with Crippen molar-refractivity contribution in [1.82, 2.24) is 15.6 Å². The molecule has 1 aromatic heterocycles. The Labute approximate surface area is 128 Å². The molecule has 0 saturated heterocycles. The van der Waals surface area contributed by atoms with E-state index in [0.717, 1.165) is 16.5 Å². The standard InChI is InChI=1S/C16H21N3O3/c1-16(2,10-20)19-15(22)14(21)17-8-7-11-9-18-13-6-4-3-5-12(11)13/h3-6,9,18,20H,7-8,10H2,1-2H3,(H,17,21)(H,19,22). The number of aliphatic hydroxyl groups is 1. The van der Waals surface area contributed by atoms with Gasteiger partial charge in [0.15, 0.2) is 0 Å². The molecule has 1 aromatic carbocycles. The van der Waals surface area contributed by atoms with Gasteiger partial charge in [0.2, 0.25) is 0 Å². The summed E-state index contributed by atoms with van der Waals surface area (Å²) in [6.07, 6.45) is 2.54. The van der Waals surface area contributed by atoms with E-state index >= 15 is 0 Å². The maximum Gasteiger partial charge on any atom is 0.309 e. The quantitative estimate of drug-likeness (QED) is 0.613.